The fourth-order valence-corrected chi connectivity index (χ4v) is 5.86. The highest BCUT2D eigenvalue weighted by atomic mass is 31.2. The van der Waals surface area contributed by atoms with Gasteiger partial charge >= 0.3 is 13.8 Å². The van der Waals surface area contributed by atoms with Crippen molar-refractivity contribution in [1.29, 1.82) is 0 Å². The Hall–Kier alpha value is -3.62. The molecule has 336 valence electrons. The zero-order valence-electron chi connectivity index (χ0n) is 37.1. The molecule has 60 heavy (non-hydrogen) atoms. The maximum absolute atomic E-state index is 12.6. The van der Waals surface area contributed by atoms with Crippen LogP contribution >= 0.6 is 7.82 Å². The van der Waals surface area contributed by atoms with Gasteiger partial charge in [0.15, 0.2) is 0 Å². The second-order valence-corrected chi connectivity index (χ2v) is 15.2. The van der Waals surface area contributed by atoms with Gasteiger partial charge in [0, 0.05) is 13.0 Å². The van der Waals surface area contributed by atoms with Crippen LogP contribution in [0.2, 0.25) is 0 Å². The molecule has 0 saturated heterocycles. The van der Waals surface area contributed by atoms with Crippen molar-refractivity contribution in [3.8, 4) is 0 Å². The average Bonchev–Trinajstić information content (AvgIpc) is 3.24. The first-order valence-corrected chi connectivity index (χ1v) is 23.8. The second-order valence-electron chi connectivity index (χ2n) is 13.8. The van der Waals surface area contributed by atoms with E-state index < -0.39 is 19.9 Å². The number of rotatable bonds is 40. The third-order valence-electron chi connectivity index (χ3n) is 8.27. The summed E-state index contributed by atoms with van der Waals surface area (Å²) in [7, 11) is -4.32. The molecule has 9 heteroatoms. The zero-order valence-corrected chi connectivity index (χ0v) is 38.0. The van der Waals surface area contributed by atoms with Crippen LogP contribution in [0.5, 0.6) is 0 Å². The monoisotopic (exact) mass is 850 g/mol. The number of esters is 1. The fourth-order valence-electron chi connectivity index (χ4n) is 5.10. The first-order valence-electron chi connectivity index (χ1n) is 22.3. The van der Waals surface area contributed by atoms with Crippen molar-refractivity contribution in [2.45, 2.75) is 136 Å². The summed E-state index contributed by atoms with van der Waals surface area (Å²) in [6, 6.07) is 0. The zero-order chi connectivity index (χ0) is 43.7. The summed E-state index contributed by atoms with van der Waals surface area (Å²) in [6.45, 7) is 4.36. The van der Waals surface area contributed by atoms with E-state index in [0.717, 1.165) is 96.3 Å². The van der Waals surface area contributed by atoms with Gasteiger partial charge in [0.2, 0.25) is 0 Å². The molecular formula is C51H80NO7P. The highest BCUT2D eigenvalue weighted by molar-refractivity contribution is 7.47. The predicted molar refractivity (Wildman–Crippen MR) is 256 cm³/mol. The molecule has 0 rings (SSSR count). The fraction of sp³-hybridized carbons (Fsp3) is 0.510. The molecule has 3 N–H and O–H groups in total. The molecule has 0 saturated carbocycles. The van der Waals surface area contributed by atoms with Gasteiger partial charge in [0.25, 0.3) is 0 Å². The topological polar surface area (TPSA) is 117 Å². The molecule has 0 aromatic rings. The predicted octanol–water partition coefficient (Wildman–Crippen LogP) is 13.7. The van der Waals surface area contributed by atoms with E-state index in [9.17, 15) is 14.3 Å². The Morgan fingerprint density at radius 1 is 0.500 bits per heavy atom. The number of nitrogens with two attached hydrogens (primary N) is 1. The number of unbranched alkanes of at least 4 members (excludes halogenated alkanes) is 3. The van der Waals surface area contributed by atoms with Gasteiger partial charge in [-0.3, -0.25) is 13.8 Å². The number of allylic oxidation sites excluding steroid dienone is 23. The standard InChI is InChI=1S/C51H80NO7P/c1-3-5-7-9-11-13-15-17-19-21-22-23-24-25-26-27-28-29-30-32-34-36-38-40-42-44-51(53)59-50(49-58-60(54,55)57-47-45-52)48-56-46-43-41-39-37-35-33-31-20-18-16-14-12-10-8-6-4-2/h5-8,11-14,17-20,22-23,25-26,28-29,32-35,39,41,50H,3-4,9-10,15-16,21,24,27,30-31,36-38,40,42-49,52H2,1-2H3,(H,54,55)/b7-5-,8-6-,13-11-,14-12-,19-17-,20-18-,23-22-,26-25-,29-28-,34-32-,35-33-,41-39-. The largest absolute Gasteiger partial charge is 0.472 e. The van der Waals surface area contributed by atoms with Crippen LogP contribution in [0.15, 0.2) is 146 Å². The minimum Gasteiger partial charge on any atom is -0.457 e. The number of ether oxygens (including phenoxy) is 2. The van der Waals surface area contributed by atoms with Crippen molar-refractivity contribution in [1.82, 2.24) is 0 Å². The normalized spacial score (nSPS) is 14.8. The Bertz CT molecular complexity index is 1410. The van der Waals surface area contributed by atoms with E-state index in [1.807, 2.05) is 6.08 Å². The van der Waals surface area contributed by atoms with Crippen LogP contribution in [0.25, 0.3) is 0 Å². The summed E-state index contributed by atoms with van der Waals surface area (Å²) in [5, 5.41) is 0. The van der Waals surface area contributed by atoms with Crippen LogP contribution < -0.4 is 5.73 Å². The van der Waals surface area contributed by atoms with Crippen LogP contribution in [0.1, 0.15) is 129 Å². The minimum absolute atomic E-state index is 0.0366. The van der Waals surface area contributed by atoms with Crippen LogP contribution in [-0.4, -0.2) is 49.9 Å². The molecule has 0 aliphatic heterocycles. The van der Waals surface area contributed by atoms with Gasteiger partial charge in [-0.05, 0) is 103 Å². The third kappa shape index (κ3) is 45.5. The van der Waals surface area contributed by atoms with Crippen molar-refractivity contribution in [3.63, 3.8) is 0 Å². The molecule has 2 atom stereocenters. The van der Waals surface area contributed by atoms with Crippen molar-refractivity contribution in [3.05, 3.63) is 146 Å². The van der Waals surface area contributed by atoms with Crippen LogP contribution in [-0.2, 0) is 27.9 Å². The molecule has 8 nitrogen and oxygen atoms in total. The van der Waals surface area contributed by atoms with Crippen LogP contribution in [0.3, 0.4) is 0 Å². The molecule has 0 radical (unpaired) electrons. The number of hydrogen-bond acceptors (Lipinski definition) is 7. The molecule has 0 bridgehead atoms. The number of phosphoric ester groups is 1. The van der Waals surface area contributed by atoms with Crippen molar-refractivity contribution >= 4 is 13.8 Å². The summed E-state index contributed by atoms with van der Waals surface area (Å²) < 4.78 is 33.3. The Kier molecular flexibility index (Phi) is 43.6. The summed E-state index contributed by atoms with van der Waals surface area (Å²) in [5.41, 5.74) is 5.36. The van der Waals surface area contributed by atoms with E-state index in [1.54, 1.807) is 0 Å². The lowest BCUT2D eigenvalue weighted by molar-refractivity contribution is -0.154. The van der Waals surface area contributed by atoms with E-state index in [-0.39, 0.29) is 32.8 Å². The van der Waals surface area contributed by atoms with E-state index in [1.165, 1.54) is 0 Å². The van der Waals surface area contributed by atoms with E-state index >= 15 is 0 Å². The number of carbonyl (C=O) groups excluding carboxylic acids is 1. The summed E-state index contributed by atoms with van der Waals surface area (Å²) in [4.78, 5) is 22.5. The van der Waals surface area contributed by atoms with Gasteiger partial charge in [-0.1, -0.05) is 166 Å². The first kappa shape index (κ1) is 56.4. The maximum atomic E-state index is 12.6. The Balaban J connectivity index is 4.24. The van der Waals surface area contributed by atoms with E-state index in [0.29, 0.717) is 19.4 Å². The Morgan fingerprint density at radius 3 is 1.28 bits per heavy atom. The molecule has 0 aliphatic rings. The minimum atomic E-state index is -4.32. The van der Waals surface area contributed by atoms with E-state index in [2.05, 4.69) is 154 Å². The molecule has 0 spiro atoms. The average molecular weight is 850 g/mol. The third-order valence-corrected chi connectivity index (χ3v) is 9.26. The first-order chi connectivity index (χ1) is 29.4. The van der Waals surface area contributed by atoms with E-state index in [4.69, 9.17) is 24.3 Å². The van der Waals surface area contributed by atoms with Gasteiger partial charge in [-0.15, -0.1) is 0 Å². The summed E-state index contributed by atoms with van der Waals surface area (Å²) in [6.07, 6.45) is 67.5. The molecule has 0 aliphatic carbocycles. The molecule has 2 unspecified atom stereocenters. The molecule has 0 amide bonds. The second kappa shape index (κ2) is 46.4. The number of carbonyl (C=O) groups is 1. The molecule has 0 fully saturated rings. The van der Waals surface area contributed by atoms with Gasteiger partial charge < -0.3 is 20.1 Å². The SMILES string of the molecule is CC/C=C\C/C=C\C/C=C\C/C=C\C/C=C\C/C=C\C/C=C\CCCCCC(=O)OC(COCC/C=C\C/C=C\C/C=C\C/C=C\C/C=C\CC)COP(=O)(O)OCCN. The molecule has 0 aromatic heterocycles. The summed E-state index contributed by atoms with van der Waals surface area (Å²) in [5.74, 6) is -0.395. The lowest BCUT2D eigenvalue weighted by atomic mass is 10.1. The number of phosphoric acid groups is 1. The van der Waals surface area contributed by atoms with Crippen molar-refractivity contribution in [2.24, 2.45) is 5.73 Å². The van der Waals surface area contributed by atoms with Crippen molar-refractivity contribution < 1.29 is 32.8 Å². The summed E-state index contributed by atoms with van der Waals surface area (Å²) >= 11 is 0. The lowest BCUT2D eigenvalue weighted by Crippen LogP contribution is -2.28. The van der Waals surface area contributed by atoms with Gasteiger partial charge in [0.1, 0.15) is 6.10 Å². The highest BCUT2D eigenvalue weighted by Gasteiger charge is 2.25. The lowest BCUT2D eigenvalue weighted by Gasteiger charge is -2.19. The quantitative estimate of drug-likeness (QED) is 0.0271. The van der Waals surface area contributed by atoms with Crippen LogP contribution in [0, 0.1) is 0 Å². The van der Waals surface area contributed by atoms with Gasteiger partial charge in [-0.25, -0.2) is 4.57 Å². The Morgan fingerprint density at radius 2 is 0.883 bits per heavy atom. The molecular weight excluding hydrogens is 770 g/mol. The van der Waals surface area contributed by atoms with Crippen LogP contribution in [0.4, 0.5) is 0 Å². The molecule has 0 aromatic carbocycles. The van der Waals surface area contributed by atoms with Crippen molar-refractivity contribution in [2.75, 3.05) is 33.0 Å². The number of hydrogen-bond donors (Lipinski definition) is 2. The Labute approximate surface area is 365 Å². The smallest absolute Gasteiger partial charge is 0.457 e. The van der Waals surface area contributed by atoms with Gasteiger partial charge in [0.05, 0.1) is 26.4 Å². The maximum Gasteiger partial charge on any atom is 0.472 e. The van der Waals surface area contributed by atoms with Gasteiger partial charge in [-0.2, -0.15) is 0 Å². The highest BCUT2D eigenvalue weighted by Crippen LogP contribution is 2.43. The molecule has 0 heterocycles.